The predicted molar refractivity (Wildman–Crippen MR) is 358 cm³/mol. The molecule has 0 aliphatic heterocycles. The number of nitrogens with one attached hydrogen (secondary N) is 2. The molecule has 10 rings (SSSR count). The number of ether oxygens (including phenoxy) is 1. The van der Waals surface area contributed by atoms with E-state index < -0.39 is 49.7 Å². The maximum atomic E-state index is 16.1. The van der Waals surface area contributed by atoms with Crippen molar-refractivity contribution in [3.63, 3.8) is 0 Å². The Hall–Kier alpha value is -8.34. The normalized spacial score (nSPS) is 13.5. The lowest BCUT2D eigenvalue weighted by Crippen LogP contribution is -2.55. The Morgan fingerprint density at radius 2 is 0.558 bits per heavy atom. The SMILES string of the molecule is CCC(C)(OC(=O)[C@@H](CSC(c1ccccc1)(c1ccccc1)c1ccccc1)NC(=O)[C@@H](CSC(c1ccccc1)(c1ccccc1)c1ccccc1)NC(=O)[C@H](C)CSC(c1ccccc1)(c1ccccc1)c1ccccc1)c1ccccc1. The summed E-state index contributed by atoms with van der Waals surface area (Å²) in [5.41, 5.74) is 9.10. The highest BCUT2D eigenvalue weighted by Gasteiger charge is 2.44. The molecule has 10 aromatic carbocycles. The molecule has 0 heterocycles. The van der Waals surface area contributed by atoms with Crippen molar-refractivity contribution in [1.82, 2.24) is 10.6 Å². The number of rotatable bonds is 26. The number of esters is 1. The molecule has 2 N–H and O–H groups in total. The van der Waals surface area contributed by atoms with E-state index in [1.165, 1.54) is 0 Å². The molecular weight excluding hydrogens is 1110 g/mol. The quantitative estimate of drug-likeness (QED) is 0.0413. The Kier molecular flexibility index (Phi) is 20.3. The topological polar surface area (TPSA) is 84.5 Å². The molecule has 86 heavy (non-hydrogen) atoms. The van der Waals surface area contributed by atoms with Gasteiger partial charge in [-0.3, -0.25) is 9.59 Å². The van der Waals surface area contributed by atoms with Crippen LogP contribution in [0, 0.1) is 5.92 Å². The molecule has 0 aliphatic carbocycles. The number of benzene rings is 10. The summed E-state index contributed by atoms with van der Waals surface area (Å²) in [6, 6.07) is 101. The Balaban J connectivity index is 1.06. The second kappa shape index (κ2) is 28.7. The number of carbonyl (C=O) groups is 3. The fourth-order valence-electron chi connectivity index (χ4n) is 11.4. The molecule has 0 bridgehead atoms. The lowest BCUT2D eigenvalue weighted by atomic mass is 9.84. The first kappa shape index (κ1) is 60.8. The molecule has 6 nitrogen and oxygen atoms in total. The van der Waals surface area contributed by atoms with Crippen molar-refractivity contribution >= 4 is 53.1 Å². The van der Waals surface area contributed by atoms with Gasteiger partial charge in [0.1, 0.15) is 17.7 Å². The second-order valence-electron chi connectivity index (χ2n) is 21.7. The number of carbonyl (C=O) groups excluding carboxylic acids is 3. The van der Waals surface area contributed by atoms with Gasteiger partial charge in [0.15, 0.2) is 0 Å². The van der Waals surface area contributed by atoms with Crippen LogP contribution in [0.15, 0.2) is 303 Å². The molecule has 0 spiro atoms. The summed E-state index contributed by atoms with van der Waals surface area (Å²) in [7, 11) is 0. The van der Waals surface area contributed by atoms with Crippen LogP contribution in [0.2, 0.25) is 0 Å². The van der Waals surface area contributed by atoms with Crippen LogP contribution in [0.25, 0.3) is 0 Å². The summed E-state index contributed by atoms with van der Waals surface area (Å²) >= 11 is 4.85. The van der Waals surface area contributed by atoms with Gasteiger partial charge in [-0.25, -0.2) is 4.79 Å². The van der Waals surface area contributed by atoms with Gasteiger partial charge in [-0.1, -0.05) is 317 Å². The minimum absolute atomic E-state index is 0.0984. The Bertz CT molecular complexity index is 3420. The van der Waals surface area contributed by atoms with Crippen LogP contribution in [-0.2, 0) is 39.0 Å². The van der Waals surface area contributed by atoms with Gasteiger partial charge >= 0.3 is 5.97 Å². The van der Waals surface area contributed by atoms with E-state index in [1.54, 1.807) is 35.3 Å². The molecule has 0 aliphatic rings. The summed E-state index contributed by atoms with van der Waals surface area (Å²) < 4.78 is 4.35. The van der Waals surface area contributed by atoms with E-state index in [1.807, 2.05) is 178 Å². The van der Waals surface area contributed by atoms with Crippen LogP contribution in [0.4, 0.5) is 0 Å². The molecule has 0 aromatic heterocycles. The number of hydrogen-bond donors (Lipinski definition) is 2. The lowest BCUT2D eigenvalue weighted by molar-refractivity contribution is -0.162. The summed E-state index contributed by atoms with van der Waals surface area (Å²) in [5, 5.41) is 6.63. The summed E-state index contributed by atoms with van der Waals surface area (Å²) in [5.74, 6) is -1.36. The maximum absolute atomic E-state index is 16.1. The molecule has 2 amide bonds. The average molecular weight is 1190 g/mol. The molecule has 0 fully saturated rings. The van der Waals surface area contributed by atoms with Crippen molar-refractivity contribution in [3.05, 3.63) is 359 Å². The van der Waals surface area contributed by atoms with Crippen molar-refractivity contribution in [1.29, 1.82) is 0 Å². The highest BCUT2D eigenvalue weighted by molar-refractivity contribution is 8.01. The summed E-state index contributed by atoms with van der Waals surface area (Å²) in [6.07, 6.45) is 0.477. The van der Waals surface area contributed by atoms with Gasteiger partial charge in [0.05, 0.1) is 14.2 Å². The van der Waals surface area contributed by atoms with Crippen LogP contribution in [-0.4, -0.2) is 47.1 Å². The van der Waals surface area contributed by atoms with Crippen molar-refractivity contribution in [2.24, 2.45) is 5.92 Å². The zero-order valence-corrected chi connectivity index (χ0v) is 51.2. The molecule has 10 aromatic rings. The fraction of sp³-hybridized carbons (Fsp3) is 0.182. The third-order valence-electron chi connectivity index (χ3n) is 16.2. The molecule has 432 valence electrons. The second-order valence-corrected chi connectivity index (χ2v) is 25.4. The molecule has 9 heteroatoms. The van der Waals surface area contributed by atoms with Crippen LogP contribution in [0.3, 0.4) is 0 Å². The zero-order chi connectivity index (χ0) is 59.7. The van der Waals surface area contributed by atoms with Crippen LogP contribution in [0.5, 0.6) is 0 Å². The van der Waals surface area contributed by atoms with Crippen LogP contribution >= 0.6 is 35.3 Å². The van der Waals surface area contributed by atoms with Crippen LogP contribution in [0.1, 0.15) is 82.8 Å². The van der Waals surface area contributed by atoms with Gasteiger partial charge < -0.3 is 15.4 Å². The lowest BCUT2D eigenvalue weighted by Gasteiger charge is -2.38. The van der Waals surface area contributed by atoms with E-state index in [9.17, 15) is 0 Å². The molecule has 0 saturated heterocycles. The summed E-state index contributed by atoms with van der Waals surface area (Å²) in [6.45, 7) is 5.85. The predicted octanol–water partition coefficient (Wildman–Crippen LogP) is 16.6. The van der Waals surface area contributed by atoms with Crippen molar-refractivity contribution in [3.8, 4) is 0 Å². The van der Waals surface area contributed by atoms with E-state index in [2.05, 4.69) is 156 Å². The highest BCUT2D eigenvalue weighted by atomic mass is 32.2. The molecule has 1 unspecified atom stereocenters. The van der Waals surface area contributed by atoms with Crippen LogP contribution < -0.4 is 10.6 Å². The van der Waals surface area contributed by atoms with E-state index in [0.29, 0.717) is 12.2 Å². The Morgan fingerprint density at radius 3 is 0.814 bits per heavy atom. The number of thioether (sulfide) groups is 3. The third kappa shape index (κ3) is 13.4. The van der Waals surface area contributed by atoms with Crippen molar-refractivity contribution in [2.45, 2.75) is 59.1 Å². The van der Waals surface area contributed by atoms with Gasteiger partial charge in [-0.15, -0.1) is 35.3 Å². The molecule has 4 atom stereocenters. The third-order valence-corrected chi connectivity index (χ3v) is 21.3. The monoisotopic (exact) mass is 1180 g/mol. The summed E-state index contributed by atoms with van der Waals surface area (Å²) in [4.78, 5) is 47.1. The van der Waals surface area contributed by atoms with E-state index in [4.69, 9.17) is 4.74 Å². The smallest absolute Gasteiger partial charge is 0.330 e. The van der Waals surface area contributed by atoms with Crippen molar-refractivity contribution < 1.29 is 19.1 Å². The first-order valence-corrected chi connectivity index (χ1v) is 32.4. The van der Waals surface area contributed by atoms with E-state index in [0.717, 1.165) is 55.6 Å². The standard InChI is InChI=1S/C77H72N2O4S3/c1-4-74(3,59-35-15-5-16-36-59)83-73(82)70(57-86-77(66-49-29-12-30-50-66,67-51-31-13-32-52-67)68-53-33-14-34-54-68)79-72(81)69(56-85-76(63-43-23-9-24-44-63,64-45-25-10-26-46-64)65-47-27-11-28-48-65)78-71(80)58(2)55-84-75(60-37-17-6-18-38-60,61-39-19-7-20-40-61)62-41-21-8-22-42-62/h5-54,58,69-70H,4,55-57H2,1-3H3,(H,78,80)(H,79,81)/t58-,69-,70-,74?/m1/s1. The van der Waals surface area contributed by atoms with Crippen molar-refractivity contribution in [2.75, 3.05) is 17.3 Å². The first-order valence-electron chi connectivity index (χ1n) is 29.4. The number of hydrogen-bond acceptors (Lipinski definition) is 7. The fourth-order valence-corrected chi connectivity index (χ4v) is 16.1. The largest absolute Gasteiger partial charge is 0.453 e. The zero-order valence-electron chi connectivity index (χ0n) is 48.8. The molecular formula is C77H72N2O4S3. The van der Waals surface area contributed by atoms with Gasteiger partial charge in [-0.05, 0) is 69.0 Å². The highest BCUT2D eigenvalue weighted by Crippen LogP contribution is 2.52. The first-order chi connectivity index (χ1) is 42.1. The molecule has 0 radical (unpaired) electrons. The minimum Gasteiger partial charge on any atom is -0.453 e. The van der Waals surface area contributed by atoms with Gasteiger partial charge in [0.25, 0.3) is 0 Å². The number of amides is 2. The Labute approximate surface area is 520 Å². The van der Waals surface area contributed by atoms with Gasteiger partial charge in [0.2, 0.25) is 11.8 Å². The molecule has 0 saturated carbocycles. The van der Waals surface area contributed by atoms with Gasteiger partial charge in [-0.2, -0.15) is 0 Å². The van der Waals surface area contributed by atoms with E-state index in [-0.39, 0.29) is 17.4 Å². The Morgan fingerprint density at radius 1 is 0.337 bits per heavy atom. The van der Waals surface area contributed by atoms with Gasteiger partial charge in [0, 0.05) is 23.2 Å². The minimum atomic E-state index is -1.19. The average Bonchev–Trinajstić information content (AvgIpc) is 1.18. The van der Waals surface area contributed by atoms with E-state index >= 15 is 14.4 Å². The maximum Gasteiger partial charge on any atom is 0.330 e.